The van der Waals surface area contributed by atoms with Crippen molar-refractivity contribution in [1.29, 1.82) is 0 Å². The van der Waals surface area contributed by atoms with Crippen LogP contribution in [0.25, 0.3) is 0 Å². The minimum atomic E-state index is 0.0504. The number of allylic oxidation sites excluding steroid dienone is 2. The lowest BCUT2D eigenvalue weighted by Gasteiger charge is -2.02. The highest BCUT2D eigenvalue weighted by atomic mass is 16.2. The van der Waals surface area contributed by atoms with Gasteiger partial charge in [-0.25, -0.2) is 0 Å². The van der Waals surface area contributed by atoms with Crippen LogP contribution in [-0.4, -0.2) is 15.7 Å². The normalized spacial score (nSPS) is 24.5. The van der Waals surface area contributed by atoms with Crippen LogP contribution in [0.5, 0.6) is 0 Å². The van der Waals surface area contributed by atoms with Gasteiger partial charge in [0.2, 0.25) is 5.91 Å². The van der Waals surface area contributed by atoms with Crippen LogP contribution in [0.15, 0.2) is 23.9 Å². The molecule has 1 aromatic rings. The summed E-state index contributed by atoms with van der Waals surface area (Å²) in [4.78, 5) is 12.2. The van der Waals surface area contributed by atoms with Gasteiger partial charge < -0.3 is 5.32 Å². The molecular weight excluding hydrogens is 226 g/mol. The van der Waals surface area contributed by atoms with Gasteiger partial charge >= 0.3 is 0 Å². The van der Waals surface area contributed by atoms with Crippen LogP contribution in [0.4, 0.5) is 5.82 Å². The molecule has 0 aliphatic heterocycles. The number of anilines is 1. The maximum Gasteiger partial charge on any atom is 0.229 e. The number of carbonyl (C=O) groups is 1. The molecule has 1 amide bonds. The number of rotatable bonds is 3. The Balaban J connectivity index is 2.05. The van der Waals surface area contributed by atoms with Crippen molar-refractivity contribution in [2.45, 2.75) is 27.7 Å². The van der Waals surface area contributed by atoms with Crippen LogP contribution in [0, 0.1) is 17.3 Å². The molecule has 1 aliphatic rings. The Labute approximate surface area is 108 Å². The van der Waals surface area contributed by atoms with E-state index in [0.29, 0.717) is 11.7 Å². The van der Waals surface area contributed by atoms with E-state index in [1.54, 1.807) is 4.68 Å². The van der Waals surface area contributed by atoms with Crippen LogP contribution in [-0.2, 0) is 11.8 Å². The van der Waals surface area contributed by atoms with Gasteiger partial charge in [-0.15, -0.1) is 0 Å². The molecule has 0 spiro atoms. The van der Waals surface area contributed by atoms with Gasteiger partial charge in [0.05, 0.1) is 5.92 Å². The second-order valence-corrected chi connectivity index (χ2v) is 5.93. The number of aromatic nitrogens is 2. The van der Waals surface area contributed by atoms with Gasteiger partial charge in [0.15, 0.2) is 5.82 Å². The average Bonchev–Trinajstić information content (AvgIpc) is 2.56. The number of nitrogens with one attached hydrogen (secondary N) is 1. The molecule has 2 rings (SSSR count). The summed E-state index contributed by atoms with van der Waals surface area (Å²) < 4.78 is 1.68. The number of hydrogen-bond acceptors (Lipinski definition) is 2. The van der Waals surface area contributed by atoms with E-state index in [1.807, 2.05) is 19.3 Å². The number of carbonyl (C=O) groups excluding carboxylic acids is 1. The molecule has 1 fully saturated rings. The van der Waals surface area contributed by atoms with E-state index in [-0.39, 0.29) is 17.2 Å². The molecule has 1 N–H and O–H groups in total. The Hall–Kier alpha value is -1.58. The molecule has 0 saturated heterocycles. The Bertz CT molecular complexity index is 495. The zero-order chi connectivity index (χ0) is 13.5. The Morgan fingerprint density at radius 2 is 2.17 bits per heavy atom. The summed E-state index contributed by atoms with van der Waals surface area (Å²) in [5.41, 5.74) is 1.32. The SMILES string of the molecule is CC(C)=C[C@H]1[C@@H](C(=O)Nc2ccn(C)n2)C1(C)C. The van der Waals surface area contributed by atoms with Gasteiger partial charge in [-0.05, 0) is 25.2 Å². The van der Waals surface area contributed by atoms with E-state index < -0.39 is 0 Å². The van der Waals surface area contributed by atoms with E-state index in [1.165, 1.54) is 5.57 Å². The van der Waals surface area contributed by atoms with Crippen LogP contribution in [0.2, 0.25) is 0 Å². The van der Waals surface area contributed by atoms with Crippen molar-refractivity contribution >= 4 is 11.7 Å². The molecule has 1 heterocycles. The largest absolute Gasteiger partial charge is 0.309 e. The first kappa shape index (κ1) is 12.9. The Kier molecular flexibility index (Phi) is 3.05. The molecule has 18 heavy (non-hydrogen) atoms. The van der Waals surface area contributed by atoms with Gasteiger partial charge in [0.1, 0.15) is 0 Å². The highest BCUT2D eigenvalue weighted by molar-refractivity contribution is 5.95. The van der Waals surface area contributed by atoms with Gasteiger partial charge in [0, 0.05) is 19.3 Å². The van der Waals surface area contributed by atoms with Crippen molar-refractivity contribution in [2.24, 2.45) is 24.3 Å². The number of hydrogen-bond donors (Lipinski definition) is 1. The predicted octanol–water partition coefficient (Wildman–Crippen LogP) is 2.60. The first-order chi connectivity index (χ1) is 8.32. The minimum Gasteiger partial charge on any atom is -0.309 e. The van der Waals surface area contributed by atoms with E-state index >= 15 is 0 Å². The van der Waals surface area contributed by atoms with Crippen LogP contribution in [0.1, 0.15) is 27.7 Å². The molecular formula is C14H21N3O. The third kappa shape index (κ3) is 2.33. The number of nitrogens with zero attached hydrogens (tertiary/aromatic N) is 2. The topological polar surface area (TPSA) is 46.9 Å². The van der Waals surface area contributed by atoms with Crippen LogP contribution >= 0.6 is 0 Å². The van der Waals surface area contributed by atoms with Crippen LogP contribution < -0.4 is 5.32 Å². The first-order valence-electron chi connectivity index (χ1n) is 6.28. The first-order valence-corrected chi connectivity index (χ1v) is 6.28. The van der Waals surface area contributed by atoms with Crippen molar-refractivity contribution < 1.29 is 4.79 Å². The standard InChI is InChI=1S/C14H21N3O/c1-9(2)8-10-12(14(10,3)4)13(18)15-11-6-7-17(5)16-11/h6-8,10,12H,1-5H3,(H,15,16,18)/t10-,12-/m0/s1. The summed E-state index contributed by atoms with van der Waals surface area (Å²) in [5, 5.41) is 7.05. The summed E-state index contributed by atoms with van der Waals surface area (Å²) in [6, 6.07) is 1.81. The lowest BCUT2D eigenvalue weighted by atomic mass is 10.1. The third-order valence-corrected chi connectivity index (χ3v) is 3.67. The molecule has 4 heteroatoms. The molecule has 1 aromatic heterocycles. The fourth-order valence-corrected chi connectivity index (χ4v) is 2.53. The van der Waals surface area contributed by atoms with Crippen molar-refractivity contribution in [3.05, 3.63) is 23.9 Å². The summed E-state index contributed by atoms with van der Waals surface area (Å²) in [6.07, 6.45) is 4.02. The summed E-state index contributed by atoms with van der Waals surface area (Å²) >= 11 is 0. The van der Waals surface area contributed by atoms with Crippen molar-refractivity contribution in [3.8, 4) is 0 Å². The fraction of sp³-hybridized carbons (Fsp3) is 0.571. The predicted molar refractivity (Wildman–Crippen MR) is 72.0 cm³/mol. The molecule has 1 aliphatic carbocycles. The van der Waals surface area contributed by atoms with Crippen molar-refractivity contribution in [3.63, 3.8) is 0 Å². The van der Waals surface area contributed by atoms with Crippen molar-refractivity contribution in [1.82, 2.24) is 9.78 Å². The molecule has 0 unspecified atom stereocenters. The maximum absolute atomic E-state index is 12.2. The van der Waals surface area contributed by atoms with Gasteiger partial charge in [-0.3, -0.25) is 9.48 Å². The second-order valence-electron chi connectivity index (χ2n) is 5.93. The highest BCUT2D eigenvalue weighted by Gasteiger charge is 2.60. The lowest BCUT2D eigenvalue weighted by Crippen LogP contribution is -2.17. The fourth-order valence-electron chi connectivity index (χ4n) is 2.53. The molecule has 98 valence electrons. The minimum absolute atomic E-state index is 0.0504. The third-order valence-electron chi connectivity index (χ3n) is 3.67. The quantitative estimate of drug-likeness (QED) is 0.834. The molecule has 4 nitrogen and oxygen atoms in total. The second kappa shape index (κ2) is 4.26. The molecule has 2 atom stereocenters. The average molecular weight is 247 g/mol. The zero-order valence-electron chi connectivity index (χ0n) is 11.7. The zero-order valence-corrected chi connectivity index (χ0v) is 11.7. The molecule has 0 aromatic carbocycles. The van der Waals surface area contributed by atoms with Gasteiger partial charge in [-0.1, -0.05) is 25.5 Å². The Morgan fingerprint density at radius 3 is 2.67 bits per heavy atom. The Morgan fingerprint density at radius 1 is 1.50 bits per heavy atom. The van der Waals surface area contributed by atoms with E-state index in [4.69, 9.17) is 0 Å². The molecule has 0 bridgehead atoms. The summed E-state index contributed by atoms with van der Waals surface area (Å²) in [5.74, 6) is 1.09. The van der Waals surface area contributed by atoms with Crippen molar-refractivity contribution in [2.75, 3.05) is 5.32 Å². The number of aryl methyl sites for hydroxylation is 1. The van der Waals surface area contributed by atoms with Gasteiger partial charge in [-0.2, -0.15) is 5.10 Å². The van der Waals surface area contributed by atoms with Gasteiger partial charge in [0.25, 0.3) is 0 Å². The monoisotopic (exact) mass is 247 g/mol. The summed E-state index contributed by atoms with van der Waals surface area (Å²) in [7, 11) is 1.84. The maximum atomic E-state index is 12.2. The van der Waals surface area contributed by atoms with E-state index in [2.05, 4.69) is 44.2 Å². The highest BCUT2D eigenvalue weighted by Crippen LogP contribution is 2.59. The van der Waals surface area contributed by atoms with Crippen LogP contribution in [0.3, 0.4) is 0 Å². The lowest BCUT2D eigenvalue weighted by molar-refractivity contribution is -0.118. The summed E-state index contributed by atoms with van der Waals surface area (Å²) in [6.45, 7) is 8.42. The number of amides is 1. The van der Waals surface area contributed by atoms with E-state index in [9.17, 15) is 4.79 Å². The van der Waals surface area contributed by atoms with E-state index in [0.717, 1.165) is 0 Å². The molecule has 1 saturated carbocycles. The smallest absolute Gasteiger partial charge is 0.229 e. The molecule has 0 radical (unpaired) electrons.